The quantitative estimate of drug-likeness (QED) is 0.481. The standard InChI is InChI=1S/C24H24N2/c1-25(2)20-15-13-19(14-16-20)24(18-9-5-4-6-10-18)22-17-26(3)23-12-8-7-11-21(22)23/h4-17,24H,1-3H3. The molecule has 0 aliphatic heterocycles. The molecule has 1 unspecified atom stereocenters. The summed E-state index contributed by atoms with van der Waals surface area (Å²) in [6, 6.07) is 28.4. The van der Waals surface area contributed by atoms with Crippen LogP contribution in [0.3, 0.4) is 0 Å². The van der Waals surface area contributed by atoms with Crippen LogP contribution in [-0.4, -0.2) is 18.7 Å². The van der Waals surface area contributed by atoms with E-state index in [-0.39, 0.29) is 5.92 Å². The highest BCUT2D eigenvalue weighted by Gasteiger charge is 2.21. The minimum Gasteiger partial charge on any atom is -0.378 e. The number of para-hydroxylation sites is 1. The van der Waals surface area contributed by atoms with E-state index in [1.807, 2.05) is 0 Å². The predicted octanol–water partition coefficient (Wildman–Crippen LogP) is 5.42. The molecule has 0 amide bonds. The van der Waals surface area contributed by atoms with Crippen LogP contribution < -0.4 is 4.90 Å². The Morgan fingerprint density at radius 2 is 1.35 bits per heavy atom. The largest absolute Gasteiger partial charge is 0.378 e. The Hall–Kier alpha value is -3.00. The summed E-state index contributed by atoms with van der Waals surface area (Å²) in [5, 5.41) is 1.32. The van der Waals surface area contributed by atoms with Crippen LogP contribution in [0.2, 0.25) is 0 Å². The fraction of sp³-hybridized carbons (Fsp3) is 0.167. The molecule has 26 heavy (non-hydrogen) atoms. The molecule has 1 heterocycles. The van der Waals surface area contributed by atoms with Gasteiger partial charge >= 0.3 is 0 Å². The third kappa shape index (κ3) is 2.88. The van der Waals surface area contributed by atoms with Crippen molar-refractivity contribution in [2.45, 2.75) is 5.92 Å². The Morgan fingerprint density at radius 3 is 2.04 bits per heavy atom. The van der Waals surface area contributed by atoms with E-state index < -0.39 is 0 Å². The number of fused-ring (bicyclic) bond motifs is 1. The van der Waals surface area contributed by atoms with E-state index >= 15 is 0 Å². The van der Waals surface area contributed by atoms with Gasteiger partial charge in [-0.1, -0.05) is 60.7 Å². The number of rotatable bonds is 4. The van der Waals surface area contributed by atoms with E-state index in [0.29, 0.717) is 0 Å². The number of hydrogen-bond donors (Lipinski definition) is 0. The zero-order chi connectivity index (χ0) is 18.1. The van der Waals surface area contributed by atoms with Crippen molar-refractivity contribution in [2.24, 2.45) is 7.05 Å². The Bertz CT molecular complexity index is 1010. The van der Waals surface area contributed by atoms with Gasteiger partial charge in [0.25, 0.3) is 0 Å². The van der Waals surface area contributed by atoms with Crippen LogP contribution in [0.5, 0.6) is 0 Å². The maximum Gasteiger partial charge on any atom is 0.0480 e. The molecule has 130 valence electrons. The van der Waals surface area contributed by atoms with E-state index in [1.54, 1.807) is 0 Å². The van der Waals surface area contributed by atoms with Gasteiger partial charge in [0, 0.05) is 49.8 Å². The van der Waals surface area contributed by atoms with Gasteiger partial charge in [-0.05, 0) is 34.9 Å². The molecule has 0 bridgehead atoms. The average Bonchev–Trinajstić information content (AvgIpc) is 3.00. The molecule has 3 aromatic carbocycles. The molecule has 1 atom stereocenters. The maximum atomic E-state index is 2.28. The third-order valence-corrected chi connectivity index (χ3v) is 5.11. The normalized spacial score (nSPS) is 12.3. The Kier molecular flexibility index (Phi) is 4.26. The second-order valence-electron chi connectivity index (χ2n) is 7.04. The first-order chi connectivity index (χ1) is 12.6. The van der Waals surface area contributed by atoms with Crippen molar-refractivity contribution in [2.75, 3.05) is 19.0 Å². The molecule has 0 spiro atoms. The lowest BCUT2D eigenvalue weighted by Crippen LogP contribution is -2.09. The van der Waals surface area contributed by atoms with E-state index in [2.05, 4.69) is 116 Å². The molecule has 1 aromatic heterocycles. The summed E-state index contributed by atoms with van der Waals surface area (Å²) in [7, 11) is 6.28. The highest BCUT2D eigenvalue weighted by Crippen LogP contribution is 2.37. The highest BCUT2D eigenvalue weighted by molar-refractivity contribution is 5.85. The van der Waals surface area contributed by atoms with Crippen molar-refractivity contribution in [3.05, 3.63) is 102 Å². The SMILES string of the molecule is CN(C)c1ccc(C(c2ccccc2)c2cn(C)c3ccccc23)cc1. The minimum absolute atomic E-state index is 0.221. The van der Waals surface area contributed by atoms with Crippen molar-refractivity contribution in [3.63, 3.8) is 0 Å². The van der Waals surface area contributed by atoms with E-state index in [1.165, 1.54) is 33.3 Å². The Morgan fingerprint density at radius 1 is 0.731 bits per heavy atom. The number of aryl methyl sites for hydroxylation is 1. The van der Waals surface area contributed by atoms with Gasteiger partial charge in [-0.25, -0.2) is 0 Å². The first-order valence-electron chi connectivity index (χ1n) is 9.01. The summed E-state index contributed by atoms with van der Waals surface area (Å²) in [6.07, 6.45) is 2.28. The zero-order valence-electron chi connectivity index (χ0n) is 15.6. The lowest BCUT2D eigenvalue weighted by molar-refractivity contribution is 0.927. The predicted molar refractivity (Wildman–Crippen MR) is 111 cm³/mol. The zero-order valence-corrected chi connectivity index (χ0v) is 15.6. The number of aromatic nitrogens is 1. The van der Waals surface area contributed by atoms with Crippen LogP contribution in [0.1, 0.15) is 22.6 Å². The molecule has 0 aliphatic carbocycles. The molecule has 0 fully saturated rings. The number of hydrogen-bond acceptors (Lipinski definition) is 1. The van der Waals surface area contributed by atoms with Crippen molar-refractivity contribution >= 4 is 16.6 Å². The van der Waals surface area contributed by atoms with Crippen molar-refractivity contribution in [3.8, 4) is 0 Å². The van der Waals surface area contributed by atoms with Gasteiger partial charge in [0.15, 0.2) is 0 Å². The van der Waals surface area contributed by atoms with Crippen molar-refractivity contribution < 1.29 is 0 Å². The first-order valence-corrected chi connectivity index (χ1v) is 9.01. The van der Waals surface area contributed by atoms with Gasteiger partial charge < -0.3 is 9.47 Å². The van der Waals surface area contributed by atoms with Crippen LogP contribution in [0.4, 0.5) is 5.69 Å². The van der Waals surface area contributed by atoms with Gasteiger partial charge in [-0.3, -0.25) is 0 Å². The second kappa shape index (κ2) is 6.72. The monoisotopic (exact) mass is 340 g/mol. The molecule has 0 radical (unpaired) electrons. The lowest BCUT2D eigenvalue weighted by atomic mass is 9.85. The van der Waals surface area contributed by atoms with Crippen LogP contribution in [-0.2, 0) is 7.05 Å². The Labute approximate surface area is 155 Å². The molecule has 4 rings (SSSR count). The summed E-state index contributed by atoms with van der Waals surface area (Å²) >= 11 is 0. The fourth-order valence-corrected chi connectivity index (χ4v) is 3.77. The van der Waals surface area contributed by atoms with Gasteiger partial charge in [-0.15, -0.1) is 0 Å². The molecule has 0 saturated carbocycles. The maximum absolute atomic E-state index is 2.28. The summed E-state index contributed by atoms with van der Waals surface area (Å²) < 4.78 is 2.23. The fourth-order valence-electron chi connectivity index (χ4n) is 3.77. The van der Waals surface area contributed by atoms with Gasteiger partial charge in [0.2, 0.25) is 0 Å². The molecule has 0 N–H and O–H groups in total. The molecule has 0 saturated heterocycles. The first kappa shape index (κ1) is 16.5. The topological polar surface area (TPSA) is 8.17 Å². The molecule has 2 nitrogen and oxygen atoms in total. The average molecular weight is 340 g/mol. The van der Waals surface area contributed by atoms with Gasteiger partial charge in [0.05, 0.1) is 0 Å². The van der Waals surface area contributed by atoms with Gasteiger partial charge in [-0.2, -0.15) is 0 Å². The molecular weight excluding hydrogens is 316 g/mol. The van der Waals surface area contributed by atoms with E-state index in [0.717, 1.165) is 0 Å². The summed E-state index contributed by atoms with van der Waals surface area (Å²) in [4.78, 5) is 2.14. The van der Waals surface area contributed by atoms with Crippen LogP contribution in [0.15, 0.2) is 85.1 Å². The number of benzene rings is 3. The summed E-state index contributed by atoms with van der Waals surface area (Å²) in [5.74, 6) is 0.221. The molecule has 0 aliphatic rings. The minimum atomic E-state index is 0.221. The molecule has 2 heteroatoms. The summed E-state index contributed by atoms with van der Waals surface area (Å²) in [5.41, 5.74) is 6.48. The van der Waals surface area contributed by atoms with Crippen LogP contribution in [0.25, 0.3) is 10.9 Å². The van der Waals surface area contributed by atoms with Crippen molar-refractivity contribution in [1.29, 1.82) is 0 Å². The third-order valence-electron chi connectivity index (χ3n) is 5.11. The smallest absolute Gasteiger partial charge is 0.0480 e. The molecular formula is C24H24N2. The van der Waals surface area contributed by atoms with Crippen LogP contribution >= 0.6 is 0 Å². The second-order valence-corrected chi connectivity index (χ2v) is 7.04. The number of nitrogens with zero attached hydrogens (tertiary/aromatic N) is 2. The van der Waals surface area contributed by atoms with Crippen LogP contribution in [0, 0.1) is 0 Å². The van der Waals surface area contributed by atoms with E-state index in [9.17, 15) is 0 Å². The summed E-state index contributed by atoms with van der Waals surface area (Å²) in [6.45, 7) is 0. The number of anilines is 1. The van der Waals surface area contributed by atoms with E-state index in [4.69, 9.17) is 0 Å². The molecule has 4 aromatic rings. The van der Waals surface area contributed by atoms with Crippen molar-refractivity contribution in [1.82, 2.24) is 4.57 Å². The van der Waals surface area contributed by atoms with Gasteiger partial charge in [0.1, 0.15) is 0 Å². The Balaban J connectivity index is 1.91. The lowest BCUT2D eigenvalue weighted by Gasteiger charge is -2.20. The highest BCUT2D eigenvalue weighted by atomic mass is 15.1.